The maximum atomic E-state index is 12.6. The van der Waals surface area contributed by atoms with Crippen LogP contribution in [0.4, 0.5) is 0 Å². The number of hydrogen-bond donors (Lipinski definition) is 3. The highest BCUT2D eigenvalue weighted by atomic mass is 35.5. The van der Waals surface area contributed by atoms with Crippen LogP contribution in [0.15, 0.2) is 24.3 Å². The standard InChI is InChI=1S/C18H28N2O4.ClH/c1-5-24-15-10-18(19,17(15,2)3)16(22)20-11-13(21)12-8-6-7-9-14(12)23-4;/h6-9,13,15,21H,5,10-11,19H2,1-4H3,(H,20,22);1H. The number of aliphatic hydroxyl groups excluding tert-OH is 1. The van der Waals surface area contributed by atoms with Crippen LogP contribution in [0.5, 0.6) is 5.75 Å². The lowest BCUT2D eigenvalue weighted by Gasteiger charge is -2.57. The largest absolute Gasteiger partial charge is 0.496 e. The molecule has 4 N–H and O–H groups in total. The Morgan fingerprint density at radius 2 is 2.08 bits per heavy atom. The molecule has 2 rings (SSSR count). The summed E-state index contributed by atoms with van der Waals surface area (Å²) in [5, 5.41) is 13.1. The third kappa shape index (κ3) is 3.92. The van der Waals surface area contributed by atoms with Crippen LogP contribution in [-0.4, -0.2) is 42.9 Å². The lowest BCUT2D eigenvalue weighted by atomic mass is 9.54. The molecule has 0 radical (unpaired) electrons. The van der Waals surface area contributed by atoms with E-state index in [1.165, 1.54) is 0 Å². The average molecular weight is 373 g/mol. The number of ether oxygens (including phenoxy) is 2. The van der Waals surface area contributed by atoms with Crippen LogP contribution in [0.1, 0.15) is 38.9 Å². The van der Waals surface area contributed by atoms with Crippen LogP contribution in [0.25, 0.3) is 0 Å². The normalized spacial score (nSPS) is 25.3. The Hall–Kier alpha value is -1.34. The van der Waals surface area contributed by atoms with Crippen molar-refractivity contribution in [2.75, 3.05) is 20.3 Å². The molecule has 1 aromatic rings. The highest BCUT2D eigenvalue weighted by molar-refractivity contribution is 5.88. The number of hydrogen-bond acceptors (Lipinski definition) is 5. The average Bonchev–Trinajstić information content (AvgIpc) is 2.58. The molecule has 0 saturated heterocycles. The second-order valence-electron chi connectivity index (χ2n) is 6.81. The molecule has 1 aromatic carbocycles. The molecule has 0 spiro atoms. The smallest absolute Gasteiger partial charge is 0.240 e. The highest BCUT2D eigenvalue weighted by Crippen LogP contribution is 2.49. The maximum Gasteiger partial charge on any atom is 0.240 e. The second-order valence-corrected chi connectivity index (χ2v) is 6.81. The fourth-order valence-electron chi connectivity index (χ4n) is 3.22. The molecule has 0 heterocycles. The Kier molecular flexibility index (Phi) is 7.26. The fourth-order valence-corrected chi connectivity index (χ4v) is 3.22. The molecule has 0 aliphatic heterocycles. The molecule has 0 bridgehead atoms. The molecular formula is C18H29ClN2O4. The third-order valence-corrected chi connectivity index (χ3v) is 5.19. The van der Waals surface area contributed by atoms with Crippen LogP contribution in [0, 0.1) is 5.41 Å². The van der Waals surface area contributed by atoms with E-state index in [0.29, 0.717) is 24.3 Å². The molecular weight excluding hydrogens is 344 g/mol. The summed E-state index contributed by atoms with van der Waals surface area (Å²) >= 11 is 0. The van der Waals surface area contributed by atoms with Gasteiger partial charge in [0.1, 0.15) is 11.3 Å². The van der Waals surface area contributed by atoms with Gasteiger partial charge in [0.05, 0.1) is 19.3 Å². The lowest BCUT2D eigenvalue weighted by molar-refractivity contribution is -0.170. The zero-order valence-electron chi connectivity index (χ0n) is 15.2. The summed E-state index contributed by atoms with van der Waals surface area (Å²) in [5.74, 6) is 0.319. The van der Waals surface area contributed by atoms with E-state index in [0.717, 1.165) is 0 Å². The van der Waals surface area contributed by atoms with E-state index in [9.17, 15) is 9.90 Å². The minimum Gasteiger partial charge on any atom is -0.496 e. The number of nitrogens with two attached hydrogens (primary N) is 1. The van der Waals surface area contributed by atoms with Gasteiger partial charge in [0.2, 0.25) is 5.91 Å². The SMILES string of the molecule is CCOC1CC(N)(C(=O)NCC(O)c2ccccc2OC)C1(C)C.Cl. The molecule has 0 aromatic heterocycles. The van der Waals surface area contributed by atoms with Gasteiger partial charge in [-0.25, -0.2) is 0 Å². The van der Waals surface area contributed by atoms with Crippen molar-refractivity contribution in [3.63, 3.8) is 0 Å². The van der Waals surface area contributed by atoms with E-state index in [4.69, 9.17) is 15.2 Å². The fraction of sp³-hybridized carbons (Fsp3) is 0.611. The molecule has 1 aliphatic carbocycles. The molecule has 142 valence electrons. The molecule has 25 heavy (non-hydrogen) atoms. The highest BCUT2D eigenvalue weighted by Gasteiger charge is 2.62. The van der Waals surface area contributed by atoms with Crippen LogP contribution < -0.4 is 15.8 Å². The van der Waals surface area contributed by atoms with E-state index in [-0.39, 0.29) is 31.0 Å². The minimum absolute atomic E-state index is 0. The Bertz CT molecular complexity index is 596. The monoisotopic (exact) mass is 372 g/mol. The van der Waals surface area contributed by atoms with Crippen LogP contribution >= 0.6 is 12.4 Å². The van der Waals surface area contributed by atoms with E-state index < -0.39 is 17.1 Å². The van der Waals surface area contributed by atoms with Crippen molar-refractivity contribution in [3.8, 4) is 5.75 Å². The number of carbonyl (C=O) groups excluding carboxylic acids is 1. The first-order chi connectivity index (χ1) is 11.3. The Labute approximate surface area is 155 Å². The summed E-state index contributed by atoms with van der Waals surface area (Å²) in [6.07, 6.45) is -0.415. The summed E-state index contributed by atoms with van der Waals surface area (Å²) in [6, 6.07) is 7.18. The third-order valence-electron chi connectivity index (χ3n) is 5.19. The van der Waals surface area contributed by atoms with Crippen LogP contribution in [-0.2, 0) is 9.53 Å². The van der Waals surface area contributed by atoms with Gasteiger partial charge in [-0.2, -0.15) is 0 Å². The Balaban J connectivity index is 0.00000312. The van der Waals surface area contributed by atoms with Crippen molar-refractivity contribution < 1.29 is 19.4 Å². The zero-order valence-corrected chi connectivity index (χ0v) is 16.1. The van der Waals surface area contributed by atoms with Gasteiger partial charge >= 0.3 is 0 Å². The number of methoxy groups -OCH3 is 1. The molecule has 6 nitrogen and oxygen atoms in total. The van der Waals surface area contributed by atoms with Gasteiger partial charge in [0.25, 0.3) is 0 Å². The first kappa shape index (κ1) is 21.7. The van der Waals surface area contributed by atoms with E-state index in [2.05, 4.69) is 5.32 Å². The number of benzene rings is 1. The van der Waals surface area contributed by atoms with E-state index in [1.54, 1.807) is 19.2 Å². The van der Waals surface area contributed by atoms with Crippen LogP contribution in [0.3, 0.4) is 0 Å². The van der Waals surface area contributed by atoms with Crippen molar-refractivity contribution in [2.45, 2.75) is 44.9 Å². The van der Waals surface area contributed by atoms with E-state index >= 15 is 0 Å². The van der Waals surface area contributed by atoms with Gasteiger partial charge in [-0.1, -0.05) is 32.0 Å². The summed E-state index contributed by atoms with van der Waals surface area (Å²) in [5.41, 5.74) is 5.51. The summed E-state index contributed by atoms with van der Waals surface area (Å²) in [6.45, 7) is 6.47. The number of amides is 1. The van der Waals surface area contributed by atoms with E-state index in [1.807, 2.05) is 32.9 Å². The molecule has 1 aliphatic rings. The number of halogens is 1. The topological polar surface area (TPSA) is 93.8 Å². The molecule has 1 amide bonds. The number of para-hydroxylation sites is 1. The quantitative estimate of drug-likeness (QED) is 0.678. The number of carbonyl (C=O) groups is 1. The molecule has 3 unspecified atom stereocenters. The predicted molar refractivity (Wildman–Crippen MR) is 98.9 cm³/mol. The molecule has 1 fully saturated rings. The number of nitrogens with one attached hydrogen (secondary N) is 1. The van der Waals surface area contributed by atoms with Crippen molar-refractivity contribution in [2.24, 2.45) is 11.1 Å². The summed E-state index contributed by atoms with van der Waals surface area (Å²) < 4.78 is 10.9. The first-order valence-electron chi connectivity index (χ1n) is 8.27. The molecule has 7 heteroatoms. The van der Waals surface area contributed by atoms with Crippen molar-refractivity contribution >= 4 is 18.3 Å². The molecule has 3 atom stereocenters. The van der Waals surface area contributed by atoms with Crippen LogP contribution in [0.2, 0.25) is 0 Å². The van der Waals surface area contributed by atoms with Crippen molar-refractivity contribution in [1.29, 1.82) is 0 Å². The number of aliphatic hydroxyl groups is 1. The van der Waals surface area contributed by atoms with Gasteiger partial charge in [0, 0.05) is 30.6 Å². The van der Waals surface area contributed by atoms with Gasteiger partial charge in [0.15, 0.2) is 0 Å². The van der Waals surface area contributed by atoms with Gasteiger partial charge < -0.3 is 25.6 Å². The van der Waals surface area contributed by atoms with Gasteiger partial charge in [-0.05, 0) is 13.0 Å². The van der Waals surface area contributed by atoms with Crippen molar-refractivity contribution in [1.82, 2.24) is 5.32 Å². The maximum absolute atomic E-state index is 12.6. The first-order valence-corrected chi connectivity index (χ1v) is 8.27. The summed E-state index contributed by atoms with van der Waals surface area (Å²) in [4.78, 5) is 12.6. The van der Waals surface area contributed by atoms with Gasteiger partial charge in [-0.15, -0.1) is 12.4 Å². The molecule has 1 saturated carbocycles. The second kappa shape index (κ2) is 8.36. The number of rotatable bonds is 7. The lowest BCUT2D eigenvalue weighted by Crippen LogP contribution is -2.75. The van der Waals surface area contributed by atoms with Gasteiger partial charge in [-0.3, -0.25) is 4.79 Å². The zero-order chi connectivity index (χ0) is 18.0. The predicted octanol–water partition coefficient (Wildman–Crippen LogP) is 1.80. The Morgan fingerprint density at radius 3 is 2.64 bits per heavy atom. The Morgan fingerprint density at radius 1 is 1.44 bits per heavy atom. The summed E-state index contributed by atoms with van der Waals surface area (Å²) in [7, 11) is 1.55. The van der Waals surface area contributed by atoms with Crippen molar-refractivity contribution in [3.05, 3.63) is 29.8 Å². The minimum atomic E-state index is -0.993.